The molecule has 0 radical (unpaired) electrons. The number of carboxylic acids is 1. The summed E-state index contributed by atoms with van der Waals surface area (Å²) in [5.74, 6) is 1.24. The summed E-state index contributed by atoms with van der Waals surface area (Å²) in [6.45, 7) is 3.41. The van der Waals surface area contributed by atoms with Crippen LogP contribution in [0.4, 0.5) is 0 Å². The van der Waals surface area contributed by atoms with E-state index in [2.05, 4.69) is 25.1 Å². The van der Waals surface area contributed by atoms with E-state index in [-0.39, 0.29) is 12.3 Å². The molecule has 144 valence electrons. The second kappa shape index (κ2) is 9.45. The Kier molecular flexibility index (Phi) is 6.74. The van der Waals surface area contributed by atoms with Gasteiger partial charge in [-0.05, 0) is 60.1 Å². The number of ether oxygens (including phenoxy) is 2. The molecule has 2 aromatic rings. The molecule has 0 aromatic heterocycles. The van der Waals surface area contributed by atoms with Crippen LogP contribution in [-0.4, -0.2) is 24.3 Å². The molecule has 0 heterocycles. The first kappa shape index (κ1) is 19.3. The van der Waals surface area contributed by atoms with E-state index in [4.69, 9.17) is 14.6 Å². The fourth-order valence-electron chi connectivity index (χ4n) is 3.75. The summed E-state index contributed by atoms with van der Waals surface area (Å²) in [7, 11) is 0. The molecule has 1 N–H and O–H groups in total. The Morgan fingerprint density at radius 2 is 1.96 bits per heavy atom. The fraction of sp³-hybridized carbons (Fsp3) is 0.435. The predicted molar refractivity (Wildman–Crippen MR) is 106 cm³/mol. The highest BCUT2D eigenvalue weighted by Gasteiger charge is 2.24. The van der Waals surface area contributed by atoms with E-state index in [1.807, 2.05) is 24.3 Å². The number of fused-ring (bicyclic) bond motifs is 1. The summed E-state index contributed by atoms with van der Waals surface area (Å²) < 4.78 is 11.8. The van der Waals surface area contributed by atoms with Gasteiger partial charge in [0.05, 0.1) is 19.6 Å². The molecule has 0 saturated heterocycles. The van der Waals surface area contributed by atoms with Gasteiger partial charge in [-0.25, -0.2) is 0 Å². The number of hydrogen-bond acceptors (Lipinski definition) is 3. The zero-order chi connectivity index (χ0) is 19.1. The van der Waals surface area contributed by atoms with Gasteiger partial charge in [-0.1, -0.05) is 37.6 Å². The van der Waals surface area contributed by atoms with E-state index in [1.165, 1.54) is 16.7 Å². The second-order valence-electron chi connectivity index (χ2n) is 7.10. The van der Waals surface area contributed by atoms with Crippen LogP contribution in [0, 0.1) is 0 Å². The van der Waals surface area contributed by atoms with Crippen molar-refractivity contribution in [3.8, 4) is 11.5 Å². The molecule has 0 aliphatic heterocycles. The van der Waals surface area contributed by atoms with Gasteiger partial charge in [0.25, 0.3) is 0 Å². The predicted octanol–water partition coefficient (Wildman–Crippen LogP) is 4.99. The minimum absolute atomic E-state index is 0.142. The lowest BCUT2D eigenvalue weighted by atomic mass is 9.98. The Hall–Kier alpha value is -2.49. The summed E-state index contributed by atoms with van der Waals surface area (Å²) in [6, 6.07) is 14.3. The number of rotatable bonds is 10. The monoisotopic (exact) mass is 368 g/mol. The van der Waals surface area contributed by atoms with Crippen LogP contribution in [0.5, 0.6) is 11.5 Å². The number of carboxylic acid groups (broad SMARTS) is 1. The van der Waals surface area contributed by atoms with E-state index < -0.39 is 5.97 Å². The Morgan fingerprint density at radius 1 is 1.15 bits per heavy atom. The van der Waals surface area contributed by atoms with Gasteiger partial charge in [-0.3, -0.25) is 4.79 Å². The van der Waals surface area contributed by atoms with Gasteiger partial charge in [0.1, 0.15) is 11.5 Å². The summed E-state index contributed by atoms with van der Waals surface area (Å²) in [5, 5.41) is 9.01. The van der Waals surface area contributed by atoms with Crippen molar-refractivity contribution in [2.75, 3.05) is 13.2 Å². The maximum atomic E-state index is 11.0. The number of para-hydroxylation sites is 1. The average Bonchev–Trinajstić information content (AvgIpc) is 3.04. The van der Waals surface area contributed by atoms with Crippen LogP contribution in [0.15, 0.2) is 42.5 Å². The Morgan fingerprint density at radius 3 is 2.78 bits per heavy atom. The van der Waals surface area contributed by atoms with Crippen molar-refractivity contribution in [1.82, 2.24) is 0 Å². The maximum Gasteiger partial charge on any atom is 0.303 e. The van der Waals surface area contributed by atoms with Crippen LogP contribution in [0.3, 0.4) is 0 Å². The van der Waals surface area contributed by atoms with E-state index >= 15 is 0 Å². The smallest absolute Gasteiger partial charge is 0.303 e. The van der Waals surface area contributed by atoms with Gasteiger partial charge in [0.2, 0.25) is 0 Å². The van der Waals surface area contributed by atoms with E-state index in [1.54, 1.807) is 0 Å². The first-order valence-corrected chi connectivity index (χ1v) is 9.85. The third kappa shape index (κ3) is 5.25. The molecule has 0 saturated carbocycles. The molecule has 3 rings (SSSR count). The molecular weight excluding hydrogens is 340 g/mol. The molecule has 27 heavy (non-hydrogen) atoms. The Bertz CT molecular complexity index is 769. The molecule has 1 aliphatic carbocycles. The topological polar surface area (TPSA) is 55.8 Å². The van der Waals surface area contributed by atoms with Crippen LogP contribution in [-0.2, 0) is 17.6 Å². The zero-order valence-electron chi connectivity index (χ0n) is 15.9. The lowest BCUT2D eigenvalue weighted by Gasteiger charge is -2.12. The van der Waals surface area contributed by atoms with E-state index in [9.17, 15) is 4.79 Å². The SMILES string of the molecule is CCCc1ccccc1OCCCOc1ccc2c(c1)CC[C@H]2CC(=O)O. The second-order valence-corrected chi connectivity index (χ2v) is 7.10. The molecule has 4 heteroatoms. The molecular formula is C23H28O4. The molecule has 0 bridgehead atoms. The van der Waals surface area contributed by atoms with Gasteiger partial charge < -0.3 is 14.6 Å². The molecule has 0 unspecified atom stereocenters. The average molecular weight is 368 g/mol. The first-order chi connectivity index (χ1) is 13.2. The van der Waals surface area contributed by atoms with Crippen molar-refractivity contribution in [2.24, 2.45) is 0 Å². The summed E-state index contributed by atoms with van der Waals surface area (Å²) in [6.07, 6.45) is 5.01. The highest BCUT2D eigenvalue weighted by molar-refractivity contribution is 5.68. The molecule has 1 aliphatic rings. The fourth-order valence-corrected chi connectivity index (χ4v) is 3.75. The molecule has 0 fully saturated rings. The van der Waals surface area contributed by atoms with Crippen LogP contribution in [0.25, 0.3) is 0 Å². The lowest BCUT2D eigenvalue weighted by Crippen LogP contribution is -2.06. The highest BCUT2D eigenvalue weighted by Crippen LogP contribution is 2.37. The van der Waals surface area contributed by atoms with Crippen LogP contribution >= 0.6 is 0 Å². The molecule has 0 amide bonds. The molecule has 1 atom stereocenters. The number of aliphatic carboxylic acids is 1. The first-order valence-electron chi connectivity index (χ1n) is 9.85. The number of hydrogen-bond donors (Lipinski definition) is 1. The van der Waals surface area contributed by atoms with Gasteiger partial charge in [-0.15, -0.1) is 0 Å². The van der Waals surface area contributed by atoms with Crippen molar-refractivity contribution in [3.63, 3.8) is 0 Å². The van der Waals surface area contributed by atoms with Gasteiger partial charge in [0, 0.05) is 6.42 Å². The van der Waals surface area contributed by atoms with Crippen molar-refractivity contribution in [3.05, 3.63) is 59.2 Å². The summed E-state index contributed by atoms with van der Waals surface area (Å²) >= 11 is 0. The van der Waals surface area contributed by atoms with E-state index in [0.29, 0.717) is 13.2 Å². The summed E-state index contributed by atoms with van der Waals surface area (Å²) in [5.41, 5.74) is 3.65. The summed E-state index contributed by atoms with van der Waals surface area (Å²) in [4.78, 5) is 11.0. The number of aryl methyl sites for hydroxylation is 2. The van der Waals surface area contributed by atoms with Crippen LogP contribution < -0.4 is 9.47 Å². The highest BCUT2D eigenvalue weighted by atomic mass is 16.5. The van der Waals surface area contributed by atoms with Gasteiger partial charge >= 0.3 is 5.97 Å². The minimum Gasteiger partial charge on any atom is -0.493 e. The van der Waals surface area contributed by atoms with Gasteiger partial charge in [0.15, 0.2) is 0 Å². The Balaban J connectivity index is 1.45. The quantitative estimate of drug-likeness (QED) is 0.600. The van der Waals surface area contributed by atoms with Crippen molar-refractivity contribution < 1.29 is 19.4 Å². The Labute approximate surface area is 161 Å². The van der Waals surface area contributed by atoms with Crippen molar-refractivity contribution >= 4 is 5.97 Å². The van der Waals surface area contributed by atoms with Gasteiger partial charge in [-0.2, -0.15) is 0 Å². The molecule has 4 nitrogen and oxygen atoms in total. The van der Waals surface area contributed by atoms with E-state index in [0.717, 1.165) is 43.6 Å². The largest absolute Gasteiger partial charge is 0.493 e. The lowest BCUT2D eigenvalue weighted by molar-refractivity contribution is -0.137. The van der Waals surface area contributed by atoms with Crippen molar-refractivity contribution in [1.29, 1.82) is 0 Å². The minimum atomic E-state index is -0.728. The third-order valence-corrected chi connectivity index (χ3v) is 5.04. The van der Waals surface area contributed by atoms with Crippen LogP contribution in [0.2, 0.25) is 0 Å². The third-order valence-electron chi connectivity index (χ3n) is 5.04. The number of benzene rings is 2. The van der Waals surface area contributed by atoms with Crippen LogP contribution in [0.1, 0.15) is 55.2 Å². The molecule has 2 aromatic carbocycles. The molecule has 0 spiro atoms. The standard InChI is InChI=1S/C23H28O4/c1-2-6-17-7-3-4-8-22(17)27-14-5-13-26-20-11-12-21-18(15-20)9-10-19(21)16-23(24)25/h3-4,7-8,11-12,15,19H,2,5-6,9-10,13-14,16H2,1H3,(H,24,25)/t19-/m0/s1. The number of carbonyl (C=O) groups is 1. The zero-order valence-corrected chi connectivity index (χ0v) is 15.9. The maximum absolute atomic E-state index is 11.0. The van der Waals surface area contributed by atoms with Crippen molar-refractivity contribution in [2.45, 2.75) is 51.4 Å². The normalized spacial score (nSPS) is 15.4.